The van der Waals surface area contributed by atoms with Crippen molar-refractivity contribution in [3.8, 4) is 11.8 Å². The monoisotopic (exact) mass is 251 g/mol. The Balaban J connectivity index is 3.00. The van der Waals surface area contributed by atoms with E-state index in [0.29, 0.717) is 16.1 Å². The number of halogens is 1. The first-order valence-electron chi connectivity index (χ1n) is 4.76. The van der Waals surface area contributed by atoms with Crippen LogP contribution in [0.1, 0.15) is 17.5 Å². The summed E-state index contributed by atoms with van der Waals surface area (Å²) in [6.45, 7) is 0. The van der Waals surface area contributed by atoms with Crippen molar-refractivity contribution < 1.29 is 14.7 Å². The van der Waals surface area contributed by atoms with Crippen LogP contribution in [-0.4, -0.2) is 17.0 Å². The van der Waals surface area contributed by atoms with E-state index in [9.17, 15) is 9.59 Å². The lowest BCUT2D eigenvalue weighted by atomic mass is 10.0. The van der Waals surface area contributed by atoms with Gasteiger partial charge >= 0.3 is 5.97 Å². The van der Waals surface area contributed by atoms with Crippen LogP contribution in [-0.2, 0) is 16.0 Å². The third-order valence-electron chi connectivity index (χ3n) is 1.89. The molecule has 17 heavy (non-hydrogen) atoms. The summed E-state index contributed by atoms with van der Waals surface area (Å²) in [5.74, 6) is 3.79. The first-order valence-corrected chi connectivity index (χ1v) is 5.14. The van der Waals surface area contributed by atoms with E-state index in [1.165, 1.54) is 0 Å². The quantitative estimate of drug-likeness (QED) is 0.792. The molecule has 1 rings (SSSR count). The van der Waals surface area contributed by atoms with Crippen LogP contribution in [0.25, 0.3) is 0 Å². The van der Waals surface area contributed by atoms with Gasteiger partial charge in [0.15, 0.2) is 0 Å². The summed E-state index contributed by atoms with van der Waals surface area (Å²) < 4.78 is 0. The fraction of sp³-hybridized carbons (Fsp3) is 0.167. The zero-order chi connectivity index (χ0) is 12.8. The highest BCUT2D eigenvalue weighted by Crippen LogP contribution is 2.16. The maximum Gasteiger partial charge on any atom is 0.307 e. The molecule has 0 aliphatic rings. The lowest BCUT2D eigenvalue weighted by molar-refractivity contribution is -0.136. The van der Waals surface area contributed by atoms with Gasteiger partial charge in [-0.25, -0.2) is 0 Å². The Morgan fingerprint density at radius 2 is 2.12 bits per heavy atom. The van der Waals surface area contributed by atoms with Gasteiger partial charge < -0.3 is 10.8 Å². The number of amides is 1. The maximum atomic E-state index is 10.6. The van der Waals surface area contributed by atoms with Crippen molar-refractivity contribution in [2.24, 2.45) is 5.73 Å². The van der Waals surface area contributed by atoms with Crippen molar-refractivity contribution in [3.63, 3.8) is 0 Å². The van der Waals surface area contributed by atoms with Crippen molar-refractivity contribution in [1.82, 2.24) is 0 Å². The minimum absolute atomic E-state index is 0.0604. The average Bonchev–Trinajstić information content (AvgIpc) is 2.20. The largest absolute Gasteiger partial charge is 0.481 e. The van der Waals surface area contributed by atoms with Crippen LogP contribution in [0.4, 0.5) is 0 Å². The summed E-state index contributed by atoms with van der Waals surface area (Å²) in [5, 5.41) is 9.18. The lowest BCUT2D eigenvalue weighted by Gasteiger charge is -2.02. The molecule has 0 aromatic heterocycles. The van der Waals surface area contributed by atoms with E-state index in [-0.39, 0.29) is 12.8 Å². The zero-order valence-corrected chi connectivity index (χ0v) is 9.62. The molecule has 0 heterocycles. The van der Waals surface area contributed by atoms with Gasteiger partial charge in [0.05, 0.1) is 12.8 Å². The molecule has 0 unspecified atom stereocenters. The third kappa shape index (κ3) is 4.58. The molecule has 1 aromatic carbocycles. The molecule has 0 aliphatic heterocycles. The Morgan fingerprint density at radius 1 is 1.41 bits per heavy atom. The molecule has 88 valence electrons. The highest BCUT2D eigenvalue weighted by molar-refractivity contribution is 6.30. The Kier molecular flexibility index (Phi) is 4.56. The van der Waals surface area contributed by atoms with Gasteiger partial charge in [-0.15, -0.1) is 0 Å². The predicted molar refractivity (Wildman–Crippen MR) is 63.5 cm³/mol. The Morgan fingerprint density at radius 3 is 2.71 bits per heavy atom. The molecule has 0 radical (unpaired) electrons. The molecule has 0 spiro atoms. The molecular formula is C12H10ClNO3. The normalized spacial score (nSPS) is 9.24. The van der Waals surface area contributed by atoms with Gasteiger partial charge in [0.1, 0.15) is 0 Å². The molecule has 0 saturated carbocycles. The summed E-state index contributed by atoms with van der Waals surface area (Å²) in [7, 11) is 0. The van der Waals surface area contributed by atoms with Gasteiger partial charge in [-0.05, 0) is 23.8 Å². The molecule has 4 nitrogen and oxygen atoms in total. The molecule has 0 aliphatic carbocycles. The number of carbonyl (C=O) groups is 2. The van der Waals surface area contributed by atoms with Crippen LogP contribution >= 0.6 is 11.6 Å². The van der Waals surface area contributed by atoms with Crippen molar-refractivity contribution in [3.05, 3.63) is 34.3 Å². The molecule has 0 atom stereocenters. The first-order chi connectivity index (χ1) is 7.99. The Bertz CT molecular complexity index is 514. The fourth-order valence-electron chi connectivity index (χ4n) is 1.22. The molecule has 1 aromatic rings. The number of hydrogen-bond donors (Lipinski definition) is 2. The summed E-state index contributed by atoms with van der Waals surface area (Å²) in [6.07, 6.45) is -0.226. The molecule has 0 fully saturated rings. The number of hydrogen-bond acceptors (Lipinski definition) is 2. The van der Waals surface area contributed by atoms with Crippen LogP contribution < -0.4 is 5.73 Å². The summed E-state index contributed by atoms with van der Waals surface area (Å²) in [5.41, 5.74) is 6.00. The number of carbonyl (C=O) groups excluding carboxylic acids is 1. The maximum absolute atomic E-state index is 10.6. The molecule has 0 saturated heterocycles. The van der Waals surface area contributed by atoms with E-state index in [1.54, 1.807) is 18.2 Å². The van der Waals surface area contributed by atoms with E-state index in [1.807, 2.05) is 0 Å². The van der Waals surface area contributed by atoms with Gasteiger partial charge in [-0.1, -0.05) is 23.4 Å². The van der Waals surface area contributed by atoms with Crippen LogP contribution in [0.2, 0.25) is 5.02 Å². The van der Waals surface area contributed by atoms with Gasteiger partial charge in [0.25, 0.3) is 0 Å². The Labute approximate surface area is 103 Å². The number of nitrogens with two attached hydrogens (primary N) is 1. The second kappa shape index (κ2) is 5.92. The third-order valence-corrected chi connectivity index (χ3v) is 2.13. The molecule has 5 heteroatoms. The second-order valence-corrected chi connectivity index (χ2v) is 3.75. The van der Waals surface area contributed by atoms with E-state index < -0.39 is 11.9 Å². The number of rotatable bonds is 3. The van der Waals surface area contributed by atoms with E-state index in [4.69, 9.17) is 22.4 Å². The number of benzene rings is 1. The molecule has 0 bridgehead atoms. The first kappa shape index (κ1) is 13.1. The summed E-state index contributed by atoms with van der Waals surface area (Å²) >= 11 is 5.77. The number of primary amides is 1. The van der Waals surface area contributed by atoms with Gasteiger partial charge in [0, 0.05) is 10.6 Å². The van der Waals surface area contributed by atoms with E-state index in [2.05, 4.69) is 11.8 Å². The molecule has 1 amide bonds. The Hall–Kier alpha value is -1.99. The minimum atomic E-state index is -0.967. The lowest BCUT2D eigenvalue weighted by Crippen LogP contribution is -2.08. The fourth-order valence-corrected chi connectivity index (χ4v) is 1.41. The van der Waals surface area contributed by atoms with Gasteiger partial charge in [-0.2, -0.15) is 0 Å². The van der Waals surface area contributed by atoms with Crippen molar-refractivity contribution in [2.75, 3.05) is 0 Å². The highest BCUT2D eigenvalue weighted by atomic mass is 35.5. The van der Waals surface area contributed by atoms with E-state index in [0.717, 1.165) is 0 Å². The van der Waals surface area contributed by atoms with Gasteiger partial charge in [-0.3, -0.25) is 9.59 Å². The number of carboxylic acids is 1. The van der Waals surface area contributed by atoms with Crippen molar-refractivity contribution >= 4 is 23.5 Å². The molecular weight excluding hydrogens is 242 g/mol. The van der Waals surface area contributed by atoms with Crippen LogP contribution in [0.5, 0.6) is 0 Å². The average molecular weight is 252 g/mol. The zero-order valence-electron chi connectivity index (χ0n) is 8.87. The predicted octanol–water partition coefficient (Wildman–Crippen LogP) is 1.19. The van der Waals surface area contributed by atoms with Crippen LogP contribution in [0.15, 0.2) is 18.2 Å². The van der Waals surface area contributed by atoms with Crippen LogP contribution in [0, 0.1) is 11.8 Å². The minimum Gasteiger partial charge on any atom is -0.481 e. The smallest absolute Gasteiger partial charge is 0.307 e. The second-order valence-electron chi connectivity index (χ2n) is 3.32. The number of aliphatic carboxylic acids is 1. The van der Waals surface area contributed by atoms with Gasteiger partial charge in [0.2, 0.25) is 5.91 Å². The summed E-state index contributed by atoms with van der Waals surface area (Å²) in [4.78, 5) is 21.2. The summed E-state index contributed by atoms with van der Waals surface area (Å²) in [6, 6.07) is 4.78. The highest BCUT2D eigenvalue weighted by Gasteiger charge is 2.06. The van der Waals surface area contributed by atoms with Crippen molar-refractivity contribution in [1.29, 1.82) is 0 Å². The topological polar surface area (TPSA) is 80.4 Å². The number of carboxylic acid groups (broad SMARTS) is 1. The molecule has 3 N–H and O–H groups in total. The standard InChI is InChI=1S/C12H10ClNO3/c13-10-5-4-8(2-1-3-11(14)15)9(6-10)7-12(16)17/h4-6H,3,7H2,(H2,14,15)(H,16,17). The van der Waals surface area contributed by atoms with Crippen LogP contribution in [0.3, 0.4) is 0 Å². The van der Waals surface area contributed by atoms with E-state index >= 15 is 0 Å². The SMILES string of the molecule is NC(=O)CC#Cc1ccc(Cl)cc1CC(=O)O. The van der Waals surface area contributed by atoms with Crippen molar-refractivity contribution in [2.45, 2.75) is 12.8 Å².